The molecule has 3 rings (SSSR count). The molecule has 7 heteroatoms. The molecule has 3 aromatic heterocycles. The number of pyridine rings is 1. The zero-order valence-electron chi connectivity index (χ0n) is 9.46. The van der Waals surface area contributed by atoms with E-state index >= 15 is 0 Å². The Kier molecular flexibility index (Phi) is 2.48. The third kappa shape index (κ3) is 2.03. The van der Waals surface area contributed by atoms with Gasteiger partial charge in [0.05, 0.1) is 17.6 Å². The van der Waals surface area contributed by atoms with Crippen molar-refractivity contribution >= 4 is 5.65 Å². The van der Waals surface area contributed by atoms with Gasteiger partial charge in [-0.25, -0.2) is 9.50 Å². The summed E-state index contributed by atoms with van der Waals surface area (Å²) in [5.41, 5.74) is -0.184. The van der Waals surface area contributed by atoms with Crippen LogP contribution in [0, 0.1) is 0 Å². The molecule has 0 spiro atoms. The molecule has 3 heterocycles. The summed E-state index contributed by atoms with van der Waals surface area (Å²) in [6, 6.07) is 7.35. The van der Waals surface area contributed by atoms with Gasteiger partial charge in [-0.1, -0.05) is 6.07 Å². The van der Waals surface area contributed by atoms with E-state index in [1.807, 2.05) is 0 Å². The molecule has 96 valence electrons. The molecule has 0 unspecified atom stereocenters. The average Bonchev–Trinajstić information content (AvgIpc) is 2.85. The molecule has 19 heavy (non-hydrogen) atoms. The smallest absolute Gasteiger partial charge is 0.255 e. The number of nitrogens with zero attached hydrogens (tertiary/aromatic N) is 4. The van der Waals surface area contributed by atoms with E-state index in [-0.39, 0.29) is 11.3 Å². The van der Waals surface area contributed by atoms with Crippen molar-refractivity contribution in [3.63, 3.8) is 0 Å². The van der Waals surface area contributed by atoms with Crippen LogP contribution >= 0.6 is 0 Å². The van der Waals surface area contributed by atoms with Crippen molar-refractivity contribution in [2.24, 2.45) is 0 Å². The van der Waals surface area contributed by atoms with Crippen molar-refractivity contribution < 1.29 is 13.2 Å². The Balaban J connectivity index is 2.28. The maximum Gasteiger partial charge on any atom is 0.433 e. The third-order valence-electron chi connectivity index (χ3n) is 2.58. The summed E-state index contributed by atoms with van der Waals surface area (Å²) in [6.45, 7) is 0. The first-order chi connectivity index (χ1) is 9.05. The molecule has 0 atom stereocenters. The number of halogens is 3. The Morgan fingerprint density at radius 3 is 2.53 bits per heavy atom. The molecule has 3 aromatic rings. The van der Waals surface area contributed by atoms with Gasteiger partial charge in [0.15, 0.2) is 11.3 Å². The molecule has 0 fully saturated rings. The molecule has 0 bridgehead atoms. The van der Waals surface area contributed by atoms with Crippen LogP contribution in [0.15, 0.2) is 42.7 Å². The van der Waals surface area contributed by atoms with Gasteiger partial charge in [-0.15, -0.1) is 0 Å². The molecule has 0 aliphatic heterocycles. The van der Waals surface area contributed by atoms with Gasteiger partial charge >= 0.3 is 6.18 Å². The highest BCUT2D eigenvalue weighted by Crippen LogP contribution is 2.31. The Morgan fingerprint density at radius 1 is 1.00 bits per heavy atom. The van der Waals surface area contributed by atoms with Gasteiger partial charge in [0.2, 0.25) is 0 Å². The topological polar surface area (TPSA) is 43.1 Å². The second-order valence-electron chi connectivity index (χ2n) is 3.84. The van der Waals surface area contributed by atoms with Gasteiger partial charge in [0.25, 0.3) is 0 Å². The molecular formula is C12H7F3N4. The maximum absolute atomic E-state index is 13.0. The first kappa shape index (κ1) is 11.6. The fraction of sp³-hybridized carbons (Fsp3) is 0.0833. The van der Waals surface area contributed by atoms with E-state index in [2.05, 4.69) is 15.1 Å². The van der Waals surface area contributed by atoms with E-state index in [4.69, 9.17) is 0 Å². The van der Waals surface area contributed by atoms with Crippen molar-refractivity contribution in [1.82, 2.24) is 19.6 Å². The van der Waals surface area contributed by atoms with E-state index in [0.29, 0.717) is 5.69 Å². The van der Waals surface area contributed by atoms with Crippen molar-refractivity contribution in [1.29, 1.82) is 0 Å². The van der Waals surface area contributed by atoms with Crippen molar-refractivity contribution in [2.45, 2.75) is 6.18 Å². The first-order valence-corrected chi connectivity index (χ1v) is 5.39. The highest BCUT2D eigenvalue weighted by Gasteiger charge is 2.35. The van der Waals surface area contributed by atoms with Gasteiger partial charge in [-0.2, -0.15) is 18.3 Å². The summed E-state index contributed by atoms with van der Waals surface area (Å²) < 4.78 is 39.7. The number of fused-ring (bicyclic) bond motifs is 1. The van der Waals surface area contributed by atoms with Crippen molar-refractivity contribution in [3.05, 3.63) is 48.4 Å². The molecule has 0 radical (unpaired) electrons. The van der Waals surface area contributed by atoms with E-state index < -0.39 is 11.9 Å². The minimum absolute atomic E-state index is 0.135. The predicted molar refractivity (Wildman–Crippen MR) is 61.2 cm³/mol. The van der Waals surface area contributed by atoms with Gasteiger partial charge < -0.3 is 0 Å². The predicted octanol–water partition coefficient (Wildman–Crippen LogP) is 2.81. The van der Waals surface area contributed by atoms with Crippen LogP contribution in [0.2, 0.25) is 0 Å². The highest BCUT2D eigenvalue weighted by molar-refractivity contribution is 5.58. The first-order valence-electron chi connectivity index (χ1n) is 5.39. The monoisotopic (exact) mass is 264 g/mol. The average molecular weight is 264 g/mol. The van der Waals surface area contributed by atoms with Crippen LogP contribution in [0.25, 0.3) is 17.0 Å². The molecule has 4 nitrogen and oxygen atoms in total. The lowest BCUT2D eigenvalue weighted by molar-refractivity contribution is -0.142. The van der Waals surface area contributed by atoms with Crippen LogP contribution in [-0.2, 0) is 6.18 Å². The van der Waals surface area contributed by atoms with Crippen molar-refractivity contribution in [3.8, 4) is 11.4 Å². The summed E-state index contributed by atoms with van der Waals surface area (Å²) in [5, 5.41) is 3.63. The van der Waals surface area contributed by atoms with Crippen LogP contribution in [0.1, 0.15) is 5.69 Å². The fourth-order valence-corrected chi connectivity index (χ4v) is 1.76. The molecular weight excluding hydrogens is 257 g/mol. The SMILES string of the molecule is FC(F)(F)c1cc(-c2ccccn2)nc2ccnn12. The van der Waals surface area contributed by atoms with Gasteiger partial charge in [-0.3, -0.25) is 4.98 Å². The number of hydrogen-bond acceptors (Lipinski definition) is 3. The lowest BCUT2D eigenvalue weighted by Crippen LogP contribution is -2.13. The van der Waals surface area contributed by atoms with Gasteiger partial charge in [0.1, 0.15) is 0 Å². The molecule has 0 amide bonds. The summed E-state index contributed by atoms with van der Waals surface area (Å²) in [5.74, 6) is 0. The Morgan fingerprint density at radius 2 is 1.84 bits per heavy atom. The van der Waals surface area contributed by atoms with Crippen LogP contribution in [0.3, 0.4) is 0 Å². The Labute approximate surface area is 105 Å². The minimum Gasteiger partial charge on any atom is -0.255 e. The molecule has 0 aliphatic rings. The number of alkyl halides is 3. The summed E-state index contributed by atoms with van der Waals surface area (Å²) in [7, 11) is 0. The van der Waals surface area contributed by atoms with E-state index in [9.17, 15) is 13.2 Å². The third-order valence-corrected chi connectivity index (χ3v) is 2.58. The van der Waals surface area contributed by atoms with Gasteiger partial charge in [-0.05, 0) is 18.2 Å². The van der Waals surface area contributed by atoms with Crippen LogP contribution in [-0.4, -0.2) is 19.6 Å². The summed E-state index contributed by atoms with van der Waals surface area (Å²) in [4.78, 5) is 8.12. The molecule has 0 N–H and O–H groups in total. The highest BCUT2D eigenvalue weighted by atomic mass is 19.4. The number of hydrogen-bond donors (Lipinski definition) is 0. The zero-order valence-corrected chi connectivity index (χ0v) is 9.46. The second kappa shape index (κ2) is 4.04. The van der Waals surface area contributed by atoms with Crippen molar-refractivity contribution in [2.75, 3.05) is 0 Å². The molecule has 0 saturated carbocycles. The summed E-state index contributed by atoms with van der Waals surface area (Å²) in [6.07, 6.45) is -1.72. The maximum atomic E-state index is 13.0. The number of rotatable bonds is 1. The van der Waals surface area contributed by atoms with Crippen LogP contribution < -0.4 is 0 Å². The van der Waals surface area contributed by atoms with E-state index in [0.717, 1.165) is 10.6 Å². The molecule has 0 saturated heterocycles. The van der Waals surface area contributed by atoms with E-state index in [1.54, 1.807) is 18.2 Å². The lowest BCUT2D eigenvalue weighted by atomic mass is 10.2. The Bertz CT molecular complexity index is 719. The van der Waals surface area contributed by atoms with E-state index in [1.165, 1.54) is 18.5 Å². The molecule has 0 aromatic carbocycles. The molecule has 0 aliphatic carbocycles. The largest absolute Gasteiger partial charge is 0.433 e. The van der Waals surface area contributed by atoms with Crippen LogP contribution in [0.4, 0.5) is 13.2 Å². The quantitative estimate of drug-likeness (QED) is 0.678. The standard InChI is InChI=1S/C12H7F3N4/c13-12(14,15)10-7-9(8-3-1-2-5-16-8)18-11-4-6-17-19(10)11/h1-7H. The Hall–Kier alpha value is -2.44. The lowest BCUT2D eigenvalue weighted by Gasteiger charge is -2.10. The number of aromatic nitrogens is 4. The fourth-order valence-electron chi connectivity index (χ4n) is 1.76. The van der Waals surface area contributed by atoms with Crippen LogP contribution in [0.5, 0.6) is 0 Å². The summed E-state index contributed by atoms with van der Waals surface area (Å²) >= 11 is 0. The second-order valence-corrected chi connectivity index (χ2v) is 3.84. The minimum atomic E-state index is -4.50. The zero-order chi connectivity index (χ0) is 13.5. The van der Waals surface area contributed by atoms with Gasteiger partial charge in [0, 0.05) is 12.3 Å². The normalized spacial score (nSPS) is 11.9.